The van der Waals surface area contributed by atoms with E-state index in [0.717, 1.165) is 5.69 Å². The van der Waals surface area contributed by atoms with Crippen molar-refractivity contribution in [2.45, 2.75) is 52.4 Å². The van der Waals surface area contributed by atoms with Crippen molar-refractivity contribution in [1.82, 2.24) is 0 Å². The average Bonchev–Trinajstić information content (AvgIpc) is 3.36. The number of rotatable bonds is 3. The van der Waals surface area contributed by atoms with Crippen LogP contribution in [0.25, 0.3) is 33.0 Å². The zero-order valence-corrected chi connectivity index (χ0v) is 25.9. The molecule has 210 valence electrons. The summed E-state index contributed by atoms with van der Waals surface area (Å²) in [7, 11) is 0. The van der Waals surface area contributed by atoms with Crippen LogP contribution in [0.1, 0.15) is 61.1 Å². The van der Waals surface area contributed by atoms with Gasteiger partial charge in [-0.2, -0.15) is 0 Å². The Morgan fingerprint density at radius 2 is 1.00 bits per heavy atom. The van der Waals surface area contributed by atoms with Gasteiger partial charge < -0.3 is 4.90 Å². The Morgan fingerprint density at radius 1 is 0.442 bits per heavy atom. The molecule has 0 bridgehead atoms. The van der Waals surface area contributed by atoms with Crippen LogP contribution in [0, 0.1) is 13.8 Å². The van der Waals surface area contributed by atoms with Crippen molar-refractivity contribution in [1.29, 1.82) is 0 Å². The van der Waals surface area contributed by atoms with Gasteiger partial charge in [0.25, 0.3) is 0 Å². The summed E-state index contributed by atoms with van der Waals surface area (Å²) in [6.07, 6.45) is 0. The number of benzene rings is 6. The maximum absolute atomic E-state index is 2.54. The SMILES string of the molecule is Cc1ccc(N(c2ccccc2)c2cc3c(c4ccccc24)-c2cc4c(cc2C3(C)C)-c2ccc(C)cc2C4(C)C)cc1. The molecule has 0 fully saturated rings. The summed E-state index contributed by atoms with van der Waals surface area (Å²) in [5, 5.41) is 2.59. The van der Waals surface area contributed by atoms with Crippen LogP contribution >= 0.6 is 0 Å². The molecule has 0 unspecified atom stereocenters. The molecule has 0 heterocycles. The van der Waals surface area contributed by atoms with Gasteiger partial charge in [0.1, 0.15) is 0 Å². The van der Waals surface area contributed by atoms with Gasteiger partial charge in [0.05, 0.1) is 5.69 Å². The van der Waals surface area contributed by atoms with E-state index in [-0.39, 0.29) is 10.8 Å². The third-order valence-electron chi connectivity index (χ3n) is 10.2. The fourth-order valence-corrected chi connectivity index (χ4v) is 7.79. The van der Waals surface area contributed by atoms with Crippen LogP contribution in [0.2, 0.25) is 0 Å². The van der Waals surface area contributed by atoms with Gasteiger partial charge in [0, 0.05) is 27.6 Å². The van der Waals surface area contributed by atoms with Gasteiger partial charge in [-0.1, -0.05) is 112 Å². The summed E-state index contributed by atoms with van der Waals surface area (Å²) < 4.78 is 0. The van der Waals surface area contributed by atoms with Crippen molar-refractivity contribution in [3.05, 3.63) is 149 Å². The van der Waals surface area contributed by atoms with E-state index in [1.54, 1.807) is 0 Å². The molecule has 2 aliphatic rings. The van der Waals surface area contributed by atoms with Crippen LogP contribution < -0.4 is 4.90 Å². The monoisotopic (exact) mass is 555 g/mol. The van der Waals surface area contributed by atoms with E-state index in [1.807, 2.05) is 0 Å². The minimum Gasteiger partial charge on any atom is -0.310 e. The van der Waals surface area contributed by atoms with E-state index in [4.69, 9.17) is 0 Å². The fourth-order valence-electron chi connectivity index (χ4n) is 7.79. The van der Waals surface area contributed by atoms with E-state index in [2.05, 4.69) is 162 Å². The number of nitrogens with zero attached hydrogens (tertiary/aromatic N) is 1. The van der Waals surface area contributed by atoms with Crippen molar-refractivity contribution in [2.24, 2.45) is 0 Å². The lowest BCUT2D eigenvalue weighted by atomic mass is 9.79. The number of fused-ring (bicyclic) bond motifs is 8. The first-order valence-electron chi connectivity index (χ1n) is 15.5. The number of hydrogen-bond acceptors (Lipinski definition) is 1. The van der Waals surface area contributed by atoms with Crippen molar-refractivity contribution in [2.75, 3.05) is 4.90 Å². The Bertz CT molecular complexity index is 2080. The van der Waals surface area contributed by atoms with E-state index in [9.17, 15) is 0 Å². The maximum atomic E-state index is 2.54. The molecular formula is C42H37N. The molecule has 2 aliphatic carbocycles. The van der Waals surface area contributed by atoms with Crippen molar-refractivity contribution in [3.63, 3.8) is 0 Å². The Hall–Kier alpha value is -4.62. The van der Waals surface area contributed by atoms with Crippen molar-refractivity contribution in [3.8, 4) is 22.3 Å². The molecule has 6 aromatic rings. The van der Waals surface area contributed by atoms with Crippen LogP contribution in [-0.2, 0) is 10.8 Å². The first kappa shape index (κ1) is 26.0. The highest BCUT2D eigenvalue weighted by atomic mass is 15.1. The Labute approximate surface area is 255 Å². The largest absolute Gasteiger partial charge is 0.310 e. The minimum atomic E-state index is -0.147. The molecule has 1 nitrogen and oxygen atoms in total. The van der Waals surface area contributed by atoms with Gasteiger partial charge in [0.15, 0.2) is 0 Å². The molecule has 0 radical (unpaired) electrons. The molecule has 43 heavy (non-hydrogen) atoms. The number of para-hydroxylation sites is 1. The molecule has 0 amide bonds. The predicted octanol–water partition coefficient (Wildman–Crippen LogP) is 11.5. The Morgan fingerprint density at radius 3 is 1.74 bits per heavy atom. The Balaban J connectivity index is 1.42. The lowest BCUT2D eigenvalue weighted by molar-refractivity contribution is 0.652. The number of anilines is 3. The van der Waals surface area contributed by atoms with Crippen LogP contribution in [-0.4, -0.2) is 0 Å². The van der Waals surface area contributed by atoms with Crippen LogP contribution in [0.3, 0.4) is 0 Å². The molecule has 0 N–H and O–H groups in total. The predicted molar refractivity (Wildman–Crippen MR) is 183 cm³/mol. The van der Waals surface area contributed by atoms with Crippen molar-refractivity contribution < 1.29 is 0 Å². The standard InChI is InChI=1S/C42H37N/c1-26-16-19-29(20-17-26)43(28-12-8-7-9-13-28)39-25-38-40(32-15-11-10-14-31(32)39)34-24-36-33(23-37(34)42(38,5)6)30-21-18-27(2)22-35(30)41(36,3)4/h7-25H,1-6H3. The van der Waals surface area contributed by atoms with E-state index < -0.39 is 0 Å². The van der Waals surface area contributed by atoms with Crippen LogP contribution in [0.5, 0.6) is 0 Å². The van der Waals surface area contributed by atoms with Crippen molar-refractivity contribution >= 4 is 27.8 Å². The van der Waals surface area contributed by atoms with Gasteiger partial charge >= 0.3 is 0 Å². The minimum absolute atomic E-state index is 0.0378. The molecular weight excluding hydrogens is 518 g/mol. The van der Waals surface area contributed by atoms with Gasteiger partial charge in [-0.05, 0) is 106 Å². The average molecular weight is 556 g/mol. The van der Waals surface area contributed by atoms with Crippen LogP contribution in [0.15, 0.2) is 115 Å². The summed E-state index contributed by atoms with van der Waals surface area (Å²) in [6, 6.07) is 43.3. The molecule has 0 saturated carbocycles. The highest BCUT2D eigenvalue weighted by Crippen LogP contribution is 2.58. The maximum Gasteiger partial charge on any atom is 0.0543 e. The summed E-state index contributed by atoms with van der Waals surface area (Å²) >= 11 is 0. The fraction of sp³-hybridized carbons (Fsp3) is 0.190. The summed E-state index contributed by atoms with van der Waals surface area (Å²) in [5.41, 5.74) is 17.2. The second kappa shape index (κ2) is 8.94. The van der Waals surface area contributed by atoms with Crippen LogP contribution in [0.4, 0.5) is 17.1 Å². The number of aryl methyl sites for hydroxylation is 2. The molecule has 0 saturated heterocycles. The lowest BCUT2D eigenvalue weighted by Crippen LogP contribution is -2.18. The first-order valence-corrected chi connectivity index (χ1v) is 15.5. The summed E-state index contributed by atoms with van der Waals surface area (Å²) in [5.74, 6) is 0. The second-order valence-electron chi connectivity index (χ2n) is 13.6. The molecule has 1 heteroatoms. The topological polar surface area (TPSA) is 3.24 Å². The summed E-state index contributed by atoms with van der Waals surface area (Å²) in [6.45, 7) is 14.0. The highest BCUT2D eigenvalue weighted by molar-refractivity contribution is 6.10. The Kier molecular flexibility index (Phi) is 5.42. The van der Waals surface area contributed by atoms with Gasteiger partial charge in [-0.3, -0.25) is 0 Å². The quantitative estimate of drug-likeness (QED) is 0.210. The third kappa shape index (κ3) is 3.64. The second-order valence-corrected chi connectivity index (χ2v) is 13.6. The summed E-state index contributed by atoms with van der Waals surface area (Å²) in [4.78, 5) is 2.43. The van der Waals surface area contributed by atoms with Gasteiger partial charge in [0.2, 0.25) is 0 Å². The molecule has 6 aromatic carbocycles. The number of hydrogen-bond donors (Lipinski definition) is 0. The van der Waals surface area contributed by atoms with E-state index >= 15 is 0 Å². The third-order valence-corrected chi connectivity index (χ3v) is 10.2. The molecule has 0 aromatic heterocycles. The molecule has 8 rings (SSSR count). The lowest BCUT2D eigenvalue weighted by Gasteiger charge is -2.30. The first-order chi connectivity index (χ1) is 20.7. The zero-order chi connectivity index (χ0) is 29.7. The molecule has 0 atom stereocenters. The molecule has 0 spiro atoms. The van der Waals surface area contributed by atoms with Gasteiger partial charge in [-0.25, -0.2) is 0 Å². The smallest absolute Gasteiger partial charge is 0.0543 e. The normalized spacial score (nSPS) is 15.1. The van der Waals surface area contributed by atoms with E-state index in [0.29, 0.717) is 0 Å². The van der Waals surface area contributed by atoms with Gasteiger partial charge in [-0.15, -0.1) is 0 Å². The zero-order valence-electron chi connectivity index (χ0n) is 25.9. The highest BCUT2D eigenvalue weighted by Gasteiger charge is 2.42. The van der Waals surface area contributed by atoms with E-state index in [1.165, 1.54) is 77.8 Å². The molecule has 0 aliphatic heterocycles.